The zero-order valence-electron chi connectivity index (χ0n) is 20.7. The summed E-state index contributed by atoms with van der Waals surface area (Å²) in [6.07, 6.45) is 5.42. The molecule has 1 fully saturated rings. The van der Waals surface area contributed by atoms with Gasteiger partial charge in [0.05, 0.1) is 12.1 Å². The quantitative estimate of drug-likeness (QED) is 0.249. The van der Waals surface area contributed by atoms with Gasteiger partial charge in [0.1, 0.15) is 11.4 Å². The highest BCUT2D eigenvalue weighted by molar-refractivity contribution is 5.78. The molecule has 1 unspecified atom stereocenters. The fourth-order valence-corrected chi connectivity index (χ4v) is 5.04. The molecule has 2 heterocycles. The van der Waals surface area contributed by atoms with Crippen molar-refractivity contribution in [1.82, 2.24) is 14.6 Å². The van der Waals surface area contributed by atoms with Gasteiger partial charge in [-0.25, -0.2) is 9.50 Å². The maximum atomic E-state index is 13.7. The molecule has 0 N–H and O–H groups in total. The standard InChI is InChI=1S/C29H30F3N3O/c1-4-12-28(13-14-28)36-24-10-8-20(9-11-24)23-16-33-27-25(17-34-35(27)18-23)21-6-5-7-22(15-21)26(19(2)3)29(30,31)32/h5-11,15-19,26H,4,12-14H2,1-3H3. The lowest BCUT2D eigenvalue weighted by Gasteiger charge is -2.24. The molecular formula is C29H30F3N3O. The lowest BCUT2D eigenvalue weighted by atomic mass is 9.86. The minimum absolute atomic E-state index is 0.0226. The number of nitrogens with zero attached hydrogens (tertiary/aromatic N) is 3. The summed E-state index contributed by atoms with van der Waals surface area (Å²) in [6, 6.07) is 14.6. The molecule has 2 aromatic heterocycles. The highest BCUT2D eigenvalue weighted by atomic mass is 19.4. The third-order valence-electron chi connectivity index (χ3n) is 6.97. The average Bonchev–Trinajstić information content (AvgIpc) is 3.44. The molecule has 5 rings (SSSR count). The van der Waals surface area contributed by atoms with Crippen LogP contribution < -0.4 is 4.74 Å². The number of ether oxygens (including phenoxy) is 1. The van der Waals surface area contributed by atoms with E-state index < -0.39 is 18.0 Å². The van der Waals surface area contributed by atoms with Crippen LogP contribution in [-0.2, 0) is 0 Å². The van der Waals surface area contributed by atoms with E-state index in [-0.39, 0.29) is 11.2 Å². The van der Waals surface area contributed by atoms with Gasteiger partial charge in [-0.05, 0) is 54.0 Å². The molecule has 1 aliphatic carbocycles. The van der Waals surface area contributed by atoms with E-state index in [1.54, 1.807) is 55.0 Å². The van der Waals surface area contributed by atoms with Crippen LogP contribution in [0.25, 0.3) is 27.9 Å². The van der Waals surface area contributed by atoms with Gasteiger partial charge in [0.25, 0.3) is 0 Å². The molecule has 0 bridgehead atoms. The smallest absolute Gasteiger partial charge is 0.395 e. The average molecular weight is 494 g/mol. The summed E-state index contributed by atoms with van der Waals surface area (Å²) in [5, 5.41) is 4.44. The van der Waals surface area contributed by atoms with Gasteiger partial charge in [0, 0.05) is 23.5 Å². The van der Waals surface area contributed by atoms with Crippen molar-refractivity contribution in [2.75, 3.05) is 0 Å². The zero-order valence-corrected chi connectivity index (χ0v) is 20.7. The SMILES string of the molecule is CCCC1(Oc2ccc(-c3cnc4c(-c5cccc(C(C(C)C)C(F)(F)F)c5)cnn4c3)cc2)CC1. The molecule has 0 saturated heterocycles. The first-order valence-corrected chi connectivity index (χ1v) is 12.5. The van der Waals surface area contributed by atoms with Crippen molar-refractivity contribution < 1.29 is 17.9 Å². The molecule has 0 aliphatic heterocycles. The fourth-order valence-electron chi connectivity index (χ4n) is 5.04. The Morgan fingerprint density at radius 2 is 1.75 bits per heavy atom. The molecule has 0 radical (unpaired) electrons. The summed E-state index contributed by atoms with van der Waals surface area (Å²) in [5.41, 5.74) is 4.11. The van der Waals surface area contributed by atoms with Gasteiger partial charge in [-0.3, -0.25) is 0 Å². The van der Waals surface area contributed by atoms with E-state index in [4.69, 9.17) is 4.74 Å². The minimum Gasteiger partial charge on any atom is -0.487 e. The molecule has 4 aromatic rings. The van der Waals surface area contributed by atoms with Gasteiger partial charge in [-0.2, -0.15) is 18.3 Å². The summed E-state index contributed by atoms with van der Waals surface area (Å²) in [4.78, 5) is 4.62. The molecule has 7 heteroatoms. The van der Waals surface area contributed by atoms with Crippen LogP contribution in [0.5, 0.6) is 5.75 Å². The fraction of sp³-hybridized carbons (Fsp3) is 0.379. The summed E-state index contributed by atoms with van der Waals surface area (Å²) in [5.74, 6) is -1.22. The van der Waals surface area contributed by atoms with E-state index >= 15 is 0 Å². The summed E-state index contributed by atoms with van der Waals surface area (Å²) < 4.78 is 49.0. The number of benzene rings is 2. The van der Waals surface area contributed by atoms with Crippen LogP contribution >= 0.6 is 0 Å². The van der Waals surface area contributed by atoms with E-state index in [0.29, 0.717) is 16.8 Å². The number of aromatic nitrogens is 3. The van der Waals surface area contributed by atoms with Gasteiger partial charge in [0.2, 0.25) is 0 Å². The maximum absolute atomic E-state index is 13.7. The zero-order chi connectivity index (χ0) is 25.5. The Hall–Kier alpha value is -3.35. The molecule has 36 heavy (non-hydrogen) atoms. The first kappa shape index (κ1) is 24.3. The number of hydrogen-bond acceptors (Lipinski definition) is 3. The summed E-state index contributed by atoms with van der Waals surface area (Å²) >= 11 is 0. The van der Waals surface area contributed by atoms with E-state index in [9.17, 15) is 13.2 Å². The Morgan fingerprint density at radius 3 is 2.39 bits per heavy atom. The van der Waals surface area contributed by atoms with E-state index in [2.05, 4.69) is 17.0 Å². The second-order valence-corrected chi connectivity index (χ2v) is 10.1. The number of halogens is 3. The minimum atomic E-state index is -4.31. The number of fused-ring (bicyclic) bond motifs is 1. The third kappa shape index (κ3) is 4.84. The molecule has 1 aliphatic rings. The monoisotopic (exact) mass is 493 g/mol. The van der Waals surface area contributed by atoms with Crippen molar-refractivity contribution >= 4 is 5.65 Å². The Labute approximate surface area is 209 Å². The first-order valence-electron chi connectivity index (χ1n) is 12.5. The van der Waals surface area contributed by atoms with Crippen molar-refractivity contribution in [3.8, 4) is 28.0 Å². The summed E-state index contributed by atoms with van der Waals surface area (Å²) in [7, 11) is 0. The predicted molar refractivity (Wildman–Crippen MR) is 135 cm³/mol. The van der Waals surface area contributed by atoms with Crippen LogP contribution in [0.15, 0.2) is 67.1 Å². The van der Waals surface area contributed by atoms with Crippen LogP contribution in [0.4, 0.5) is 13.2 Å². The maximum Gasteiger partial charge on any atom is 0.395 e. The van der Waals surface area contributed by atoms with Crippen LogP contribution in [0.3, 0.4) is 0 Å². The van der Waals surface area contributed by atoms with Gasteiger partial charge >= 0.3 is 6.18 Å². The topological polar surface area (TPSA) is 39.4 Å². The largest absolute Gasteiger partial charge is 0.487 e. The van der Waals surface area contributed by atoms with Crippen LogP contribution in [0, 0.1) is 5.92 Å². The molecule has 188 valence electrons. The van der Waals surface area contributed by atoms with Crippen LogP contribution in [0.2, 0.25) is 0 Å². The number of alkyl halides is 3. The molecule has 1 saturated carbocycles. The second kappa shape index (κ2) is 9.26. The van der Waals surface area contributed by atoms with Crippen molar-refractivity contribution in [1.29, 1.82) is 0 Å². The molecule has 0 amide bonds. The molecular weight excluding hydrogens is 463 g/mol. The Bertz CT molecular complexity index is 1350. The highest BCUT2D eigenvalue weighted by Gasteiger charge is 2.44. The molecule has 1 atom stereocenters. The van der Waals surface area contributed by atoms with E-state index in [0.717, 1.165) is 42.6 Å². The Morgan fingerprint density at radius 1 is 1.00 bits per heavy atom. The van der Waals surface area contributed by atoms with Crippen molar-refractivity contribution in [2.24, 2.45) is 5.92 Å². The lowest BCUT2D eigenvalue weighted by Crippen LogP contribution is -2.25. The van der Waals surface area contributed by atoms with Crippen LogP contribution in [-0.4, -0.2) is 26.4 Å². The summed E-state index contributed by atoms with van der Waals surface area (Å²) in [6.45, 7) is 5.37. The number of rotatable bonds is 8. The second-order valence-electron chi connectivity index (χ2n) is 10.1. The van der Waals surface area contributed by atoms with Crippen LogP contribution in [0.1, 0.15) is 57.9 Å². The lowest BCUT2D eigenvalue weighted by molar-refractivity contribution is -0.159. The number of hydrogen-bond donors (Lipinski definition) is 0. The first-order chi connectivity index (χ1) is 17.2. The molecule has 4 nitrogen and oxygen atoms in total. The molecule has 2 aromatic carbocycles. The Balaban J connectivity index is 1.41. The predicted octanol–water partition coefficient (Wildman–Crippen LogP) is 8.08. The highest BCUT2D eigenvalue weighted by Crippen LogP contribution is 2.44. The Kier molecular flexibility index (Phi) is 6.27. The van der Waals surface area contributed by atoms with Crippen molar-refractivity contribution in [2.45, 2.75) is 64.1 Å². The van der Waals surface area contributed by atoms with Gasteiger partial charge in [0.15, 0.2) is 5.65 Å². The van der Waals surface area contributed by atoms with Gasteiger partial charge in [-0.15, -0.1) is 0 Å². The third-order valence-corrected chi connectivity index (χ3v) is 6.97. The van der Waals surface area contributed by atoms with E-state index in [1.165, 1.54) is 0 Å². The normalized spacial score (nSPS) is 15.9. The van der Waals surface area contributed by atoms with Crippen molar-refractivity contribution in [3.05, 3.63) is 72.7 Å². The van der Waals surface area contributed by atoms with E-state index in [1.807, 2.05) is 30.5 Å². The molecule has 0 spiro atoms. The van der Waals surface area contributed by atoms with Crippen molar-refractivity contribution in [3.63, 3.8) is 0 Å². The van der Waals surface area contributed by atoms with Gasteiger partial charge in [-0.1, -0.05) is 63.6 Å². The van der Waals surface area contributed by atoms with Gasteiger partial charge < -0.3 is 4.74 Å².